The van der Waals surface area contributed by atoms with Gasteiger partial charge in [0.2, 0.25) is 6.41 Å². The van der Waals surface area contributed by atoms with Gasteiger partial charge in [0.25, 0.3) is 0 Å². The van der Waals surface area contributed by atoms with Crippen LogP contribution in [-0.4, -0.2) is 37.7 Å². The fourth-order valence-corrected chi connectivity index (χ4v) is 0.434. The van der Waals surface area contributed by atoms with Gasteiger partial charge in [-0.3, -0.25) is 4.79 Å². The summed E-state index contributed by atoms with van der Waals surface area (Å²) in [5, 5.41) is 0. The Labute approximate surface area is 52.5 Å². The largest absolute Gasteiger partial charge is 0.340 e. The highest BCUT2D eigenvalue weighted by Crippen LogP contribution is 1.82. The SMILES string of the molecule is O=CN(CCF)CCF. The maximum absolute atomic E-state index is 11.4. The van der Waals surface area contributed by atoms with E-state index in [2.05, 4.69) is 0 Å². The zero-order valence-corrected chi connectivity index (χ0v) is 5.02. The first-order valence-electron chi connectivity index (χ1n) is 2.66. The van der Waals surface area contributed by atoms with Crippen LogP contribution >= 0.6 is 0 Å². The van der Waals surface area contributed by atoms with Crippen LogP contribution in [0.1, 0.15) is 0 Å². The Kier molecular flexibility index (Phi) is 5.06. The van der Waals surface area contributed by atoms with Crippen molar-refractivity contribution in [3.8, 4) is 0 Å². The summed E-state index contributed by atoms with van der Waals surface area (Å²) in [4.78, 5) is 10.9. The average molecular weight is 137 g/mol. The molecule has 2 nitrogen and oxygen atoms in total. The number of nitrogens with zero attached hydrogens (tertiary/aromatic N) is 1. The summed E-state index contributed by atoms with van der Waals surface area (Å²) in [6.45, 7) is -1.24. The number of amides is 1. The van der Waals surface area contributed by atoms with Gasteiger partial charge in [0.05, 0.1) is 0 Å². The summed E-state index contributed by atoms with van der Waals surface area (Å²) in [7, 11) is 0. The van der Waals surface area contributed by atoms with Crippen LogP contribution < -0.4 is 0 Å². The Balaban J connectivity index is 3.29. The highest BCUT2D eigenvalue weighted by Gasteiger charge is 1.97. The number of rotatable bonds is 5. The molecule has 4 heteroatoms. The molecule has 0 aliphatic heterocycles. The van der Waals surface area contributed by atoms with E-state index in [0.717, 1.165) is 4.90 Å². The summed E-state index contributed by atoms with van der Waals surface area (Å²) >= 11 is 0. The fraction of sp³-hybridized carbons (Fsp3) is 0.800. The van der Waals surface area contributed by atoms with Gasteiger partial charge in [-0.15, -0.1) is 0 Å². The van der Waals surface area contributed by atoms with Gasteiger partial charge in [0, 0.05) is 13.1 Å². The molecule has 54 valence electrons. The molecule has 0 aromatic carbocycles. The summed E-state index contributed by atoms with van der Waals surface area (Å²) < 4.78 is 22.9. The van der Waals surface area contributed by atoms with Crippen molar-refractivity contribution in [2.24, 2.45) is 0 Å². The van der Waals surface area contributed by atoms with E-state index in [4.69, 9.17) is 0 Å². The van der Waals surface area contributed by atoms with E-state index < -0.39 is 13.3 Å². The van der Waals surface area contributed by atoms with E-state index in [-0.39, 0.29) is 13.1 Å². The van der Waals surface area contributed by atoms with Crippen LogP contribution in [0, 0.1) is 0 Å². The molecule has 0 heterocycles. The Morgan fingerprint density at radius 3 is 1.89 bits per heavy atom. The lowest BCUT2D eigenvalue weighted by atomic mass is 10.5. The first kappa shape index (κ1) is 8.33. The fourth-order valence-electron chi connectivity index (χ4n) is 0.434. The van der Waals surface area contributed by atoms with Crippen molar-refractivity contribution in [1.82, 2.24) is 4.90 Å². The van der Waals surface area contributed by atoms with E-state index in [1.165, 1.54) is 0 Å². The second kappa shape index (κ2) is 5.47. The number of hydrogen-bond donors (Lipinski definition) is 0. The van der Waals surface area contributed by atoms with Gasteiger partial charge in [-0.1, -0.05) is 0 Å². The van der Waals surface area contributed by atoms with E-state index in [1.807, 2.05) is 0 Å². The summed E-state index contributed by atoms with van der Waals surface area (Å²) in [5.41, 5.74) is 0. The Morgan fingerprint density at radius 2 is 1.67 bits per heavy atom. The van der Waals surface area contributed by atoms with Gasteiger partial charge in [0.15, 0.2) is 0 Å². The predicted octanol–water partition coefficient (Wildman–Crippen LogP) is 0.384. The highest BCUT2D eigenvalue weighted by atomic mass is 19.1. The van der Waals surface area contributed by atoms with Crippen LogP contribution in [0.4, 0.5) is 8.78 Å². The highest BCUT2D eigenvalue weighted by molar-refractivity contribution is 5.46. The van der Waals surface area contributed by atoms with Gasteiger partial charge < -0.3 is 4.90 Å². The molecule has 9 heavy (non-hydrogen) atoms. The second-order valence-corrected chi connectivity index (χ2v) is 1.52. The second-order valence-electron chi connectivity index (χ2n) is 1.52. The molecule has 0 radical (unpaired) electrons. The Bertz CT molecular complexity index is 73.4. The topological polar surface area (TPSA) is 20.3 Å². The molecule has 0 saturated carbocycles. The number of carbonyl (C=O) groups is 1. The number of halogens is 2. The van der Waals surface area contributed by atoms with Crippen LogP contribution in [-0.2, 0) is 4.79 Å². The summed E-state index contributed by atoms with van der Waals surface area (Å²) in [6, 6.07) is 0. The maximum atomic E-state index is 11.4. The lowest BCUT2D eigenvalue weighted by Crippen LogP contribution is -2.26. The van der Waals surface area contributed by atoms with E-state index in [0.29, 0.717) is 6.41 Å². The third kappa shape index (κ3) is 3.88. The minimum absolute atomic E-state index is 0.00653. The normalized spacial score (nSPS) is 9.11. The molecule has 0 aliphatic rings. The van der Waals surface area contributed by atoms with Gasteiger partial charge in [-0.2, -0.15) is 0 Å². The minimum atomic E-state index is -0.612. The molecule has 0 N–H and O–H groups in total. The molecule has 0 rings (SSSR count). The first-order valence-corrected chi connectivity index (χ1v) is 2.66. The summed E-state index contributed by atoms with van der Waals surface area (Å²) in [6.07, 6.45) is 0.444. The molecule has 0 aromatic rings. The van der Waals surface area contributed by atoms with Crippen molar-refractivity contribution in [2.45, 2.75) is 0 Å². The van der Waals surface area contributed by atoms with Crippen LogP contribution in [0.25, 0.3) is 0 Å². The third-order valence-electron chi connectivity index (χ3n) is 0.893. The first-order chi connectivity index (χ1) is 4.35. The Hall–Kier alpha value is -0.670. The molecule has 0 spiro atoms. The quantitative estimate of drug-likeness (QED) is 0.502. The van der Waals surface area contributed by atoms with Crippen molar-refractivity contribution in [3.05, 3.63) is 0 Å². The molecular formula is C5H9F2NO. The average Bonchev–Trinajstić information content (AvgIpc) is 1.88. The number of hydrogen-bond acceptors (Lipinski definition) is 1. The third-order valence-corrected chi connectivity index (χ3v) is 0.893. The van der Waals surface area contributed by atoms with Crippen LogP contribution in [0.2, 0.25) is 0 Å². The van der Waals surface area contributed by atoms with Crippen molar-refractivity contribution in [2.75, 3.05) is 26.4 Å². The van der Waals surface area contributed by atoms with E-state index >= 15 is 0 Å². The molecule has 1 amide bonds. The van der Waals surface area contributed by atoms with Gasteiger partial charge in [-0.25, -0.2) is 8.78 Å². The zero-order valence-electron chi connectivity index (χ0n) is 5.02. The van der Waals surface area contributed by atoms with Crippen molar-refractivity contribution < 1.29 is 13.6 Å². The number of carbonyl (C=O) groups excluding carboxylic acids is 1. The van der Waals surface area contributed by atoms with E-state index in [9.17, 15) is 13.6 Å². The molecule has 0 aromatic heterocycles. The molecule has 0 fully saturated rings. The van der Waals surface area contributed by atoms with Gasteiger partial charge in [0.1, 0.15) is 13.3 Å². The van der Waals surface area contributed by atoms with Crippen molar-refractivity contribution in [1.29, 1.82) is 0 Å². The number of alkyl halides is 2. The zero-order chi connectivity index (χ0) is 7.11. The molecule has 0 aliphatic carbocycles. The van der Waals surface area contributed by atoms with Crippen molar-refractivity contribution in [3.63, 3.8) is 0 Å². The predicted molar refractivity (Wildman–Crippen MR) is 29.6 cm³/mol. The summed E-state index contributed by atoms with van der Waals surface area (Å²) in [5.74, 6) is 0. The molecule has 0 saturated heterocycles. The van der Waals surface area contributed by atoms with Crippen LogP contribution in [0.3, 0.4) is 0 Å². The smallest absolute Gasteiger partial charge is 0.209 e. The van der Waals surface area contributed by atoms with E-state index in [1.54, 1.807) is 0 Å². The lowest BCUT2D eigenvalue weighted by molar-refractivity contribution is -0.118. The monoisotopic (exact) mass is 137 g/mol. The lowest BCUT2D eigenvalue weighted by Gasteiger charge is -2.11. The molecule has 0 atom stereocenters. The van der Waals surface area contributed by atoms with Crippen molar-refractivity contribution >= 4 is 6.41 Å². The molecule has 0 bridgehead atoms. The Morgan fingerprint density at radius 1 is 1.22 bits per heavy atom. The van der Waals surface area contributed by atoms with Gasteiger partial charge >= 0.3 is 0 Å². The minimum Gasteiger partial charge on any atom is -0.340 e. The van der Waals surface area contributed by atoms with Gasteiger partial charge in [-0.05, 0) is 0 Å². The van der Waals surface area contributed by atoms with Crippen LogP contribution in [0.5, 0.6) is 0 Å². The molecule has 0 unspecified atom stereocenters. The molecular weight excluding hydrogens is 128 g/mol. The maximum Gasteiger partial charge on any atom is 0.209 e. The van der Waals surface area contributed by atoms with Crippen LogP contribution in [0.15, 0.2) is 0 Å². The standard InChI is InChI=1S/C5H9F2NO/c6-1-3-8(5-9)4-2-7/h5H,1-4H2.